The third kappa shape index (κ3) is 3.17. The van der Waals surface area contributed by atoms with Crippen LogP contribution in [-0.4, -0.2) is 21.5 Å². The van der Waals surface area contributed by atoms with Crippen LogP contribution in [0.1, 0.15) is 6.92 Å². The lowest BCUT2D eigenvalue weighted by atomic mass is 10.2. The third-order valence-corrected chi connectivity index (χ3v) is 2.47. The minimum atomic E-state index is -0.475. The fourth-order valence-electron chi connectivity index (χ4n) is 1.51. The van der Waals surface area contributed by atoms with E-state index in [1.54, 1.807) is 12.1 Å². The molecular formula is C12H10ClN3O3. The standard InChI is InChI=1S/C12H10ClN3O3/c1-2-19-11-7-10(13)14-12(15-11)8-4-3-5-9(6-8)16(17)18/h3-7H,2H2,1H3. The molecule has 0 unspecified atom stereocenters. The van der Waals surface area contributed by atoms with Crippen molar-refractivity contribution in [2.24, 2.45) is 0 Å². The largest absolute Gasteiger partial charge is 0.478 e. The second-order valence-corrected chi connectivity index (χ2v) is 3.98. The summed E-state index contributed by atoms with van der Waals surface area (Å²) in [5.41, 5.74) is 0.483. The van der Waals surface area contributed by atoms with Gasteiger partial charge in [-0.2, -0.15) is 4.98 Å². The summed E-state index contributed by atoms with van der Waals surface area (Å²) < 4.78 is 5.26. The molecule has 2 rings (SSSR count). The molecule has 0 bridgehead atoms. The fraction of sp³-hybridized carbons (Fsp3) is 0.167. The highest BCUT2D eigenvalue weighted by Gasteiger charge is 2.11. The van der Waals surface area contributed by atoms with Crippen LogP contribution < -0.4 is 4.74 Å². The van der Waals surface area contributed by atoms with Crippen molar-refractivity contribution in [1.29, 1.82) is 0 Å². The molecule has 0 spiro atoms. The van der Waals surface area contributed by atoms with Gasteiger partial charge >= 0.3 is 0 Å². The molecule has 0 aliphatic heterocycles. The molecule has 1 aromatic heterocycles. The van der Waals surface area contributed by atoms with Crippen molar-refractivity contribution in [3.05, 3.63) is 45.6 Å². The molecule has 6 nitrogen and oxygen atoms in total. The number of ether oxygens (including phenoxy) is 1. The lowest BCUT2D eigenvalue weighted by molar-refractivity contribution is -0.384. The molecule has 0 amide bonds. The first kappa shape index (κ1) is 13.2. The first-order valence-corrected chi connectivity index (χ1v) is 5.90. The number of hydrogen-bond donors (Lipinski definition) is 0. The molecule has 0 aliphatic rings. The van der Waals surface area contributed by atoms with Crippen LogP contribution in [0.15, 0.2) is 30.3 Å². The number of nitro benzene ring substituents is 1. The highest BCUT2D eigenvalue weighted by atomic mass is 35.5. The molecule has 98 valence electrons. The molecule has 0 radical (unpaired) electrons. The van der Waals surface area contributed by atoms with E-state index in [2.05, 4.69) is 9.97 Å². The van der Waals surface area contributed by atoms with Gasteiger partial charge in [0.05, 0.1) is 11.5 Å². The summed E-state index contributed by atoms with van der Waals surface area (Å²) in [6, 6.07) is 7.53. The van der Waals surface area contributed by atoms with Gasteiger partial charge in [-0.3, -0.25) is 10.1 Å². The predicted molar refractivity (Wildman–Crippen MR) is 70.3 cm³/mol. The first-order valence-electron chi connectivity index (χ1n) is 5.52. The zero-order valence-corrected chi connectivity index (χ0v) is 10.8. The van der Waals surface area contributed by atoms with Crippen LogP contribution in [0.5, 0.6) is 5.88 Å². The van der Waals surface area contributed by atoms with Crippen molar-refractivity contribution < 1.29 is 9.66 Å². The quantitative estimate of drug-likeness (QED) is 0.488. The van der Waals surface area contributed by atoms with Gasteiger partial charge in [0.2, 0.25) is 5.88 Å². The lowest BCUT2D eigenvalue weighted by Crippen LogP contribution is -1.98. The van der Waals surface area contributed by atoms with E-state index < -0.39 is 4.92 Å². The molecule has 0 fully saturated rings. The van der Waals surface area contributed by atoms with E-state index in [1.807, 2.05) is 6.92 Å². The summed E-state index contributed by atoms with van der Waals surface area (Å²) in [6.45, 7) is 2.27. The Hall–Kier alpha value is -2.21. The molecule has 0 aliphatic carbocycles. The molecule has 19 heavy (non-hydrogen) atoms. The van der Waals surface area contributed by atoms with E-state index in [0.29, 0.717) is 23.9 Å². The summed E-state index contributed by atoms with van der Waals surface area (Å²) in [6.07, 6.45) is 0. The van der Waals surface area contributed by atoms with Crippen molar-refractivity contribution in [3.8, 4) is 17.3 Å². The van der Waals surface area contributed by atoms with Gasteiger partial charge in [0.15, 0.2) is 5.82 Å². The van der Waals surface area contributed by atoms with Crippen molar-refractivity contribution in [2.75, 3.05) is 6.61 Å². The number of halogens is 1. The maximum atomic E-state index is 10.7. The summed E-state index contributed by atoms with van der Waals surface area (Å²) in [4.78, 5) is 18.5. The van der Waals surface area contributed by atoms with Crippen LogP contribution in [0, 0.1) is 10.1 Å². The average Bonchev–Trinajstić information content (AvgIpc) is 2.38. The number of hydrogen-bond acceptors (Lipinski definition) is 5. The van der Waals surface area contributed by atoms with Crippen LogP contribution in [0.2, 0.25) is 5.15 Å². The molecule has 1 aromatic carbocycles. The van der Waals surface area contributed by atoms with Crippen molar-refractivity contribution in [3.63, 3.8) is 0 Å². The van der Waals surface area contributed by atoms with Crippen LogP contribution >= 0.6 is 11.6 Å². The van der Waals surface area contributed by atoms with E-state index in [0.717, 1.165) is 0 Å². The molecule has 0 atom stereocenters. The molecule has 0 saturated heterocycles. The Morgan fingerprint density at radius 2 is 2.16 bits per heavy atom. The van der Waals surface area contributed by atoms with Gasteiger partial charge in [-0.25, -0.2) is 4.98 Å². The summed E-state index contributed by atoms with van der Waals surface area (Å²) in [7, 11) is 0. The Bertz CT molecular complexity index is 619. The molecular weight excluding hydrogens is 270 g/mol. The zero-order chi connectivity index (χ0) is 13.8. The summed E-state index contributed by atoms with van der Waals surface area (Å²) in [5, 5.41) is 11.0. The van der Waals surface area contributed by atoms with Gasteiger partial charge in [-0.1, -0.05) is 23.7 Å². The minimum absolute atomic E-state index is 0.0287. The van der Waals surface area contributed by atoms with E-state index >= 15 is 0 Å². The van der Waals surface area contributed by atoms with Gasteiger partial charge < -0.3 is 4.74 Å². The van der Waals surface area contributed by atoms with E-state index in [4.69, 9.17) is 16.3 Å². The monoisotopic (exact) mass is 279 g/mol. The molecule has 2 aromatic rings. The van der Waals surface area contributed by atoms with E-state index in [1.165, 1.54) is 18.2 Å². The highest BCUT2D eigenvalue weighted by Crippen LogP contribution is 2.24. The number of non-ortho nitro benzene ring substituents is 1. The van der Waals surface area contributed by atoms with Gasteiger partial charge in [0.1, 0.15) is 5.15 Å². The van der Waals surface area contributed by atoms with E-state index in [9.17, 15) is 10.1 Å². The second-order valence-electron chi connectivity index (χ2n) is 3.59. The maximum Gasteiger partial charge on any atom is 0.270 e. The Balaban J connectivity index is 2.46. The lowest BCUT2D eigenvalue weighted by Gasteiger charge is -2.05. The topological polar surface area (TPSA) is 78.2 Å². The van der Waals surface area contributed by atoms with Crippen LogP contribution in [0.4, 0.5) is 5.69 Å². The zero-order valence-electron chi connectivity index (χ0n) is 10.0. The first-order chi connectivity index (χ1) is 9.10. The van der Waals surface area contributed by atoms with Crippen LogP contribution in [0.3, 0.4) is 0 Å². The van der Waals surface area contributed by atoms with Crippen molar-refractivity contribution in [1.82, 2.24) is 9.97 Å². The average molecular weight is 280 g/mol. The fourth-order valence-corrected chi connectivity index (χ4v) is 1.68. The van der Waals surface area contributed by atoms with Gasteiger partial charge in [0, 0.05) is 23.8 Å². The molecule has 1 heterocycles. The third-order valence-electron chi connectivity index (χ3n) is 2.28. The van der Waals surface area contributed by atoms with Crippen LogP contribution in [-0.2, 0) is 0 Å². The molecule has 0 saturated carbocycles. The van der Waals surface area contributed by atoms with Crippen molar-refractivity contribution >= 4 is 17.3 Å². The Labute approximate surface area is 114 Å². The molecule has 7 heteroatoms. The van der Waals surface area contributed by atoms with Gasteiger partial charge in [-0.05, 0) is 6.92 Å². The Morgan fingerprint density at radius 3 is 2.84 bits per heavy atom. The van der Waals surface area contributed by atoms with Gasteiger partial charge in [-0.15, -0.1) is 0 Å². The van der Waals surface area contributed by atoms with E-state index in [-0.39, 0.29) is 10.8 Å². The number of benzene rings is 1. The smallest absolute Gasteiger partial charge is 0.270 e. The predicted octanol–water partition coefficient (Wildman–Crippen LogP) is 3.10. The maximum absolute atomic E-state index is 10.7. The number of nitrogens with zero attached hydrogens (tertiary/aromatic N) is 3. The normalized spacial score (nSPS) is 10.2. The Morgan fingerprint density at radius 1 is 1.37 bits per heavy atom. The van der Waals surface area contributed by atoms with Crippen LogP contribution in [0.25, 0.3) is 11.4 Å². The number of aromatic nitrogens is 2. The van der Waals surface area contributed by atoms with Gasteiger partial charge in [0.25, 0.3) is 5.69 Å². The summed E-state index contributed by atoms with van der Waals surface area (Å²) in [5.74, 6) is 0.628. The molecule has 0 N–H and O–H groups in total. The second kappa shape index (κ2) is 5.62. The number of rotatable bonds is 4. The minimum Gasteiger partial charge on any atom is -0.478 e. The Kier molecular flexibility index (Phi) is 3.91. The summed E-state index contributed by atoms with van der Waals surface area (Å²) >= 11 is 5.87. The highest BCUT2D eigenvalue weighted by molar-refractivity contribution is 6.29. The van der Waals surface area contributed by atoms with Crippen molar-refractivity contribution in [2.45, 2.75) is 6.92 Å². The SMILES string of the molecule is CCOc1cc(Cl)nc(-c2cccc([N+](=O)[O-])c2)n1. The number of nitro groups is 1.